The predicted octanol–water partition coefficient (Wildman–Crippen LogP) is 2.63. The highest BCUT2D eigenvalue weighted by molar-refractivity contribution is 7.14. The second-order valence-corrected chi connectivity index (χ2v) is 7.41. The zero-order chi connectivity index (χ0) is 20.6. The van der Waals surface area contributed by atoms with Crippen LogP contribution < -0.4 is 5.32 Å². The number of carbonyl (C=O) groups is 3. The topological polar surface area (TPSA) is 91.8 Å². The number of aryl methyl sites for hydroxylation is 1. The molecule has 2 heterocycles. The molecule has 0 bridgehead atoms. The fraction of sp³-hybridized carbons (Fsp3) is 0.400. The number of thiazole rings is 1. The van der Waals surface area contributed by atoms with Crippen molar-refractivity contribution < 1.29 is 19.1 Å². The lowest BCUT2D eigenvalue weighted by Crippen LogP contribution is -2.50. The Kier molecular flexibility index (Phi) is 7.18. The van der Waals surface area contributed by atoms with Crippen LogP contribution in [0.15, 0.2) is 35.7 Å². The van der Waals surface area contributed by atoms with Crippen molar-refractivity contribution in [2.24, 2.45) is 0 Å². The van der Waals surface area contributed by atoms with E-state index in [9.17, 15) is 14.4 Å². The summed E-state index contributed by atoms with van der Waals surface area (Å²) in [5, 5.41) is 4.81. The molecule has 0 aliphatic carbocycles. The van der Waals surface area contributed by atoms with Gasteiger partial charge in [0.2, 0.25) is 5.91 Å². The van der Waals surface area contributed by atoms with Crippen LogP contribution in [0, 0.1) is 0 Å². The van der Waals surface area contributed by atoms with Crippen LogP contribution in [-0.2, 0) is 16.0 Å². The molecular weight excluding hydrogens is 392 g/mol. The Bertz CT molecular complexity index is 847. The smallest absolute Gasteiger partial charge is 0.409 e. The molecule has 1 aliphatic heterocycles. The lowest BCUT2D eigenvalue weighted by atomic mass is 10.1. The van der Waals surface area contributed by atoms with Gasteiger partial charge in [-0.15, -0.1) is 11.3 Å². The maximum Gasteiger partial charge on any atom is 0.409 e. The van der Waals surface area contributed by atoms with E-state index < -0.39 is 0 Å². The van der Waals surface area contributed by atoms with Gasteiger partial charge in [-0.2, -0.15) is 0 Å². The lowest BCUT2D eigenvalue weighted by Gasteiger charge is -2.33. The Balaban J connectivity index is 1.47. The number of hydrogen-bond acceptors (Lipinski definition) is 6. The number of anilines is 1. The Hall–Kier alpha value is -2.94. The van der Waals surface area contributed by atoms with Crippen molar-refractivity contribution in [3.8, 4) is 0 Å². The van der Waals surface area contributed by atoms with Crippen molar-refractivity contribution >= 4 is 34.4 Å². The standard InChI is InChI=1S/C20H24N4O4S/c1-2-28-20(27)24-12-10-23(11-13-24)18(26)16-14-29-19(21-16)22-17(25)9-8-15-6-4-3-5-7-15/h3-7,14H,2,8-13H2,1H3,(H,21,22,25). The van der Waals surface area contributed by atoms with E-state index >= 15 is 0 Å². The highest BCUT2D eigenvalue weighted by Crippen LogP contribution is 2.18. The lowest BCUT2D eigenvalue weighted by molar-refractivity contribution is -0.116. The number of nitrogens with one attached hydrogen (secondary N) is 1. The first-order chi connectivity index (χ1) is 14.1. The van der Waals surface area contributed by atoms with Gasteiger partial charge in [0.25, 0.3) is 5.91 Å². The molecule has 0 spiro atoms. The van der Waals surface area contributed by atoms with Gasteiger partial charge < -0.3 is 19.9 Å². The fourth-order valence-electron chi connectivity index (χ4n) is 2.98. The van der Waals surface area contributed by atoms with Gasteiger partial charge in [-0.1, -0.05) is 30.3 Å². The number of amides is 3. The summed E-state index contributed by atoms with van der Waals surface area (Å²) in [6.07, 6.45) is 0.644. The second kappa shape index (κ2) is 10.0. The Morgan fingerprint density at radius 3 is 2.48 bits per heavy atom. The largest absolute Gasteiger partial charge is 0.450 e. The summed E-state index contributed by atoms with van der Waals surface area (Å²) in [6, 6.07) is 9.79. The molecule has 1 aliphatic rings. The minimum absolute atomic E-state index is 0.134. The minimum atomic E-state index is -0.353. The molecule has 2 aromatic rings. The molecule has 3 amide bonds. The molecule has 1 aromatic heterocycles. The van der Waals surface area contributed by atoms with E-state index in [1.807, 2.05) is 30.3 Å². The van der Waals surface area contributed by atoms with Crippen LogP contribution in [0.1, 0.15) is 29.4 Å². The van der Waals surface area contributed by atoms with Crippen LogP contribution in [0.3, 0.4) is 0 Å². The van der Waals surface area contributed by atoms with E-state index in [1.165, 1.54) is 11.3 Å². The summed E-state index contributed by atoms with van der Waals surface area (Å²) in [5.41, 5.74) is 1.40. The van der Waals surface area contributed by atoms with Gasteiger partial charge in [0, 0.05) is 38.0 Å². The molecule has 0 radical (unpaired) electrons. The van der Waals surface area contributed by atoms with E-state index in [4.69, 9.17) is 4.74 Å². The van der Waals surface area contributed by atoms with E-state index in [2.05, 4.69) is 10.3 Å². The van der Waals surface area contributed by atoms with E-state index in [0.717, 1.165) is 5.56 Å². The van der Waals surface area contributed by atoms with Crippen molar-refractivity contribution in [2.75, 3.05) is 38.1 Å². The van der Waals surface area contributed by atoms with Crippen LogP contribution in [-0.4, -0.2) is 65.5 Å². The number of benzene rings is 1. The number of aromatic nitrogens is 1. The number of nitrogens with zero attached hydrogens (tertiary/aromatic N) is 3. The van der Waals surface area contributed by atoms with Crippen molar-refractivity contribution in [3.05, 3.63) is 47.0 Å². The Morgan fingerprint density at radius 2 is 1.79 bits per heavy atom. The molecule has 29 heavy (non-hydrogen) atoms. The van der Waals surface area contributed by atoms with Crippen molar-refractivity contribution in [1.82, 2.24) is 14.8 Å². The summed E-state index contributed by atoms with van der Waals surface area (Å²) in [5.74, 6) is -0.334. The molecule has 1 saturated heterocycles. The molecule has 3 rings (SSSR count). The quantitative estimate of drug-likeness (QED) is 0.782. The maximum absolute atomic E-state index is 12.6. The Morgan fingerprint density at radius 1 is 1.10 bits per heavy atom. The summed E-state index contributed by atoms with van der Waals surface area (Å²) >= 11 is 1.23. The van der Waals surface area contributed by atoms with Crippen molar-refractivity contribution in [3.63, 3.8) is 0 Å². The molecule has 1 N–H and O–H groups in total. The average Bonchev–Trinajstić information content (AvgIpc) is 3.21. The first-order valence-corrected chi connectivity index (χ1v) is 10.4. The number of rotatable bonds is 6. The third kappa shape index (κ3) is 5.77. The van der Waals surface area contributed by atoms with Crippen molar-refractivity contribution in [2.45, 2.75) is 19.8 Å². The SMILES string of the molecule is CCOC(=O)N1CCN(C(=O)c2csc(NC(=O)CCc3ccccc3)n2)CC1. The van der Waals surface area contributed by atoms with E-state index in [-0.39, 0.29) is 17.9 Å². The highest BCUT2D eigenvalue weighted by atomic mass is 32.1. The van der Waals surface area contributed by atoms with Gasteiger partial charge in [-0.3, -0.25) is 9.59 Å². The predicted molar refractivity (Wildman–Crippen MR) is 110 cm³/mol. The van der Waals surface area contributed by atoms with Crippen LogP contribution in [0.4, 0.5) is 9.93 Å². The molecular formula is C20H24N4O4S. The van der Waals surface area contributed by atoms with Crippen LogP contribution in [0.2, 0.25) is 0 Å². The number of ether oxygens (including phenoxy) is 1. The molecule has 0 unspecified atom stereocenters. The normalized spacial score (nSPS) is 13.8. The van der Waals surface area contributed by atoms with Gasteiger partial charge in [-0.25, -0.2) is 9.78 Å². The monoisotopic (exact) mass is 416 g/mol. The highest BCUT2D eigenvalue weighted by Gasteiger charge is 2.26. The summed E-state index contributed by atoms with van der Waals surface area (Å²) in [7, 11) is 0. The molecule has 154 valence electrons. The minimum Gasteiger partial charge on any atom is -0.450 e. The number of carbonyl (C=O) groups excluding carboxylic acids is 3. The summed E-state index contributed by atoms with van der Waals surface area (Å²) < 4.78 is 4.98. The van der Waals surface area contributed by atoms with Crippen LogP contribution >= 0.6 is 11.3 Å². The number of piperazine rings is 1. The molecule has 1 fully saturated rings. The Labute approximate surface area is 173 Å². The molecule has 1 aromatic carbocycles. The fourth-order valence-corrected chi connectivity index (χ4v) is 3.68. The van der Waals surface area contributed by atoms with Gasteiger partial charge in [0.15, 0.2) is 5.13 Å². The molecule has 9 heteroatoms. The first-order valence-electron chi connectivity index (χ1n) is 9.57. The second-order valence-electron chi connectivity index (χ2n) is 6.55. The summed E-state index contributed by atoms with van der Waals surface area (Å²) in [4.78, 5) is 44.0. The first kappa shape index (κ1) is 20.8. The third-order valence-corrected chi connectivity index (χ3v) is 5.30. The summed E-state index contributed by atoms with van der Waals surface area (Å²) in [6.45, 7) is 3.80. The maximum atomic E-state index is 12.6. The van der Waals surface area contributed by atoms with Gasteiger partial charge >= 0.3 is 6.09 Å². The van der Waals surface area contributed by atoms with Gasteiger partial charge in [0.1, 0.15) is 5.69 Å². The van der Waals surface area contributed by atoms with Gasteiger partial charge in [-0.05, 0) is 18.9 Å². The van der Waals surface area contributed by atoms with Crippen LogP contribution in [0.5, 0.6) is 0 Å². The van der Waals surface area contributed by atoms with Crippen molar-refractivity contribution in [1.29, 1.82) is 0 Å². The zero-order valence-electron chi connectivity index (χ0n) is 16.3. The average molecular weight is 417 g/mol. The zero-order valence-corrected chi connectivity index (χ0v) is 17.1. The molecule has 0 saturated carbocycles. The number of hydrogen-bond donors (Lipinski definition) is 1. The van der Waals surface area contributed by atoms with Gasteiger partial charge in [0.05, 0.1) is 6.61 Å². The molecule has 8 nitrogen and oxygen atoms in total. The molecule has 0 atom stereocenters. The van der Waals surface area contributed by atoms with Crippen LogP contribution in [0.25, 0.3) is 0 Å². The third-order valence-electron chi connectivity index (χ3n) is 4.55. The van der Waals surface area contributed by atoms with E-state index in [0.29, 0.717) is 56.5 Å². The van der Waals surface area contributed by atoms with E-state index in [1.54, 1.807) is 22.1 Å².